The molecule has 0 bridgehead atoms. The van der Waals surface area contributed by atoms with E-state index in [1.54, 1.807) is 66.7 Å². The minimum Gasteiger partial charge on any atom is -0.489 e. The van der Waals surface area contributed by atoms with Crippen molar-refractivity contribution in [2.24, 2.45) is 0 Å². The van der Waals surface area contributed by atoms with E-state index in [0.717, 1.165) is 11.1 Å². The molecule has 0 atom stereocenters. The van der Waals surface area contributed by atoms with E-state index in [0.29, 0.717) is 44.4 Å². The third-order valence-corrected chi connectivity index (χ3v) is 6.24. The normalized spacial score (nSPS) is 10.9. The monoisotopic (exact) mass is 562 g/mol. The van der Waals surface area contributed by atoms with Crippen LogP contribution in [0, 0.1) is 11.3 Å². The van der Waals surface area contributed by atoms with Gasteiger partial charge in [0.25, 0.3) is 5.91 Å². The molecule has 0 heterocycles. The third-order valence-electron chi connectivity index (χ3n) is 5.40. The second kappa shape index (κ2) is 13.0. The lowest BCUT2D eigenvalue weighted by Gasteiger charge is -2.10. The standard InChI is InChI=1S/C30H21Cl3N2O3/c31-24-6-1-21(2-7-24)18-37-27-11-3-20(4-12-27)15-23(17-34)30(36)35-26-9-13-28(14-10-26)38-19-22-5-8-25(32)16-29(22)33/h1-16H,18-19H2,(H,35,36)/b23-15+. The minimum atomic E-state index is -0.517. The molecule has 0 aromatic heterocycles. The molecule has 0 unspecified atom stereocenters. The van der Waals surface area contributed by atoms with E-state index in [1.165, 1.54) is 6.08 Å². The van der Waals surface area contributed by atoms with Gasteiger partial charge < -0.3 is 14.8 Å². The molecule has 0 aliphatic rings. The number of ether oxygens (including phenoxy) is 2. The summed E-state index contributed by atoms with van der Waals surface area (Å²) in [5, 5.41) is 14.0. The van der Waals surface area contributed by atoms with Gasteiger partial charge in [0.05, 0.1) is 0 Å². The van der Waals surface area contributed by atoms with Crippen LogP contribution in [-0.4, -0.2) is 5.91 Å². The Kier molecular flexibility index (Phi) is 9.29. The third kappa shape index (κ3) is 7.77. The number of carbonyl (C=O) groups excluding carboxylic acids is 1. The van der Waals surface area contributed by atoms with E-state index < -0.39 is 5.91 Å². The lowest BCUT2D eigenvalue weighted by molar-refractivity contribution is -0.112. The molecule has 0 spiro atoms. The Labute approximate surface area is 235 Å². The van der Waals surface area contributed by atoms with Crippen molar-refractivity contribution in [2.45, 2.75) is 13.2 Å². The SMILES string of the molecule is N#C/C(=C\c1ccc(OCc2ccc(Cl)cc2)cc1)C(=O)Nc1ccc(OCc2ccc(Cl)cc2Cl)cc1. The van der Waals surface area contributed by atoms with Crippen molar-refractivity contribution >= 4 is 52.5 Å². The fourth-order valence-electron chi connectivity index (χ4n) is 3.36. The molecule has 0 aliphatic carbocycles. The van der Waals surface area contributed by atoms with Crippen molar-refractivity contribution in [3.63, 3.8) is 0 Å². The Hall–Kier alpha value is -3.95. The second-order valence-electron chi connectivity index (χ2n) is 8.16. The van der Waals surface area contributed by atoms with Crippen LogP contribution in [0.4, 0.5) is 5.69 Å². The summed E-state index contributed by atoms with van der Waals surface area (Å²) in [5.74, 6) is 0.751. The number of nitrogens with one attached hydrogen (secondary N) is 1. The number of benzene rings is 4. The van der Waals surface area contributed by atoms with Crippen molar-refractivity contribution in [2.75, 3.05) is 5.32 Å². The van der Waals surface area contributed by atoms with Crippen LogP contribution < -0.4 is 14.8 Å². The zero-order chi connectivity index (χ0) is 26.9. The summed E-state index contributed by atoms with van der Waals surface area (Å²) in [6, 6.07) is 28.5. The van der Waals surface area contributed by atoms with E-state index in [-0.39, 0.29) is 12.2 Å². The van der Waals surface area contributed by atoms with Gasteiger partial charge in [-0.15, -0.1) is 0 Å². The van der Waals surface area contributed by atoms with Gasteiger partial charge in [0.15, 0.2) is 0 Å². The molecular formula is C30H21Cl3N2O3. The van der Waals surface area contributed by atoms with Gasteiger partial charge in [0, 0.05) is 26.3 Å². The van der Waals surface area contributed by atoms with E-state index in [2.05, 4.69) is 5.32 Å². The number of amides is 1. The molecule has 4 rings (SSSR count). The summed E-state index contributed by atoms with van der Waals surface area (Å²) < 4.78 is 11.5. The molecule has 0 fully saturated rings. The number of rotatable bonds is 9. The van der Waals surface area contributed by atoms with Crippen molar-refractivity contribution in [1.29, 1.82) is 5.26 Å². The van der Waals surface area contributed by atoms with Crippen LogP contribution >= 0.6 is 34.8 Å². The number of carbonyl (C=O) groups is 1. The fourth-order valence-corrected chi connectivity index (χ4v) is 3.94. The van der Waals surface area contributed by atoms with Gasteiger partial charge in [-0.05, 0) is 77.9 Å². The highest BCUT2D eigenvalue weighted by Crippen LogP contribution is 2.24. The lowest BCUT2D eigenvalue weighted by Crippen LogP contribution is -2.13. The van der Waals surface area contributed by atoms with Crippen LogP contribution in [0.5, 0.6) is 11.5 Å². The van der Waals surface area contributed by atoms with Crippen molar-refractivity contribution < 1.29 is 14.3 Å². The summed E-state index contributed by atoms with van der Waals surface area (Å²) in [7, 11) is 0. The Morgan fingerprint density at radius 1 is 0.789 bits per heavy atom. The van der Waals surface area contributed by atoms with Gasteiger partial charge in [-0.1, -0.05) is 65.1 Å². The average molecular weight is 564 g/mol. The maximum Gasteiger partial charge on any atom is 0.266 e. The van der Waals surface area contributed by atoms with Crippen molar-refractivity contribution in [3.05, 3.63) is 128 Å². The Bertz CT molecular complexity index is 1480. The van der Waals surface area contributed by atoms with Gasteiger partial charge in [0.2, 0.25) is 0 Å². The first-order valence-electron chi connectivity index (χ1n) is 11.5. The number of hydrogen-bond donors (Lipinski definition) is 1. The number of halogens is 3. The van der Waals surface area contributed by atoms with Gasteiger partial charge in [-0.3, -0.25) is 4.79 Å². The first-order valence-corrected chi connectivity index (χ1v) is 12.6. The van der Waals surface area contributed by atoms with Crippen LogP contribution in [-0.2, 0) is 18.0 Å². The summed E-state index contributed by atoms with van der Waals surface area (Å²) in [4.78, 5) is 12.7. The Balaban J connectivity index is 1.32. The van der Waals surface area contributed by atoms with Crippen LogP contribution in [0.2, 0.25) is 15.1 Å². The average Bonchev–Trinajstić information content (AvgIpc) is 2.92. The number of hydrogen-bond acceptors (Lipinski definition) is 4. The molecule has 0 saturated carbocycles. The number of nitriles is 1. The first-order chi connectivity index (χ1) is 18.4. The second-order valence-corrected chi connectivity index (χ2v) is 9.44. The topological polar surface area (TPSA) is 71.3 Å². The molecule has 4 aromatic rings. The van der Waals surface area contributed by atoms with Gasteiger partial charge in [-0.25, -0.2) is 0 Å². The Morgan fingerprint density at radius 3 is 2.03 bits per heavy atom. The molecule has 1 N–H and O–H groups in total. The number of nitrogens with zero attached hydrogens (tertiary/aromatic N) is 1. The maximum atomic E-state index is 12.7. The van der Waals surface area contributed by atoms with Crippen LogP contribution in [0.3, 0.4) is 0 Å². The quantitative estimate of drug-likeness (QED) is 0.164. The molecular weight excluding hydrogens is 543 g/mol. The molecule has 38 heavy (non-hydrogen) atoms. The first kappa shape index (κ1) is 27.1. The summed E-state index contributed by atoms with van der Waals surface area (Å²) in [6.07, 6.45) is 1.52. The zero-order valence-corrected chi connectivity index (χ0v) is 22.2. The van der Waals surface area contributed by atoms with E-state index in [9.17, 15) is 10.1 Å². The largest absolute Gasteiger partial charge is 0.489 e. The summed E-state index contributed by atoms with van der Waals surface area (Å²) in [5.41, 5.74) is 2.99. The minimum absolute atomic E-state index is 0.0301. The maximum absolute atomic E-state index is 12.7. The van der Waals surface area contributed by atoms with Crippen molar-refractivity contribution in [1.82, 2.24) is 0 Å². The molecule has 5 nitrogen and oxygen atoms in total. The highest BCUT2D eigenvalue weighted by Gasteiger charge is 2.10. The van der Waals surface area contributed by atoms with Crippen LogP contribution in [0.25, 0.3) is 6.08 Å². The number of anilines is 1. The molecule has 190 valence electrons. The van der Waals surface area contributed by atoms with Gasteiger partial charge >= 0.3 is 0 Å². The fraction of sp³-hybridized carbons (Fsp3) is 0.0667. The van der Waals surface area contributed by atoms with Crippen LogP contribution in [0.15, 0.2) is 96.6 Å². The van der Waals surface area contributed by atoms with E-state index in [4.69, 9.17) is 44.3 Å². The molecule has 4 aromatic carbocycles. The van der Waals surface area contributed by atoms with Gasteiger partial charge in [0.1, 0.15) is 36.4 Å². The molecule has 0 radical (unpaired) electrons. The predicted octanol–water partition coefficient (Wildman–Crippen LogP) is 8.35. The summed E-state index contributed by atoms with van der Waals surface area (Å²) >= 11 is 18.0. The lowest BCUT2D eigenvalue weighted by atomic mass is 10.1. The van der Waals surface area contributed by atoms with Gasteiger partial charge in [-0.2, -0.15) is 5.26 Å². The Morgan fingerprint density at radius 2 is 1.39 bits per heavy atom. The predicted molar refractivity (Wildman–Crippen MR) is 152 cm³/mol. The highest BCUT2D eigenvalue weighted by molar-refractivity contribution is 6.35. The van der Waals surface area contributed by atoms with Crippen LogP contribution in [0.1, 0.15) is 16.7 Å². The summed E-state index contributed by atoms with van der Waals surface area (Å²) in [6.45, 7) is 0.672. The van der Waals surface area contributed by atoms with E-state index in [1.807, 2.05) is 30.3 Å². The van der Waals surface area contributed by atoms with E-state index >= 15 is 0 Å². The molecule has 0 saturated heterocycles. The molecule has 8 heteroatoms. The smallest absolute Gasteiger partial charge is 0.266 e. The van der Waals surface area contributed by atoms with Crippen molar-refractivity contribution in [3.8, 4) is 17.6 Å². The zero-order valence-electron chi connectivity index (χ0n) is 20.0. The highest BCUT2D eigenvalue weighted by atomic mass is 35.5. The molecule has 1 amide bonds. The molecule has 0 aliphatic heterocycles.